The lowest BCUT2D eigenvalue weighted by Gasteiger charge is -2.35. The van der Waals surface area contributed by atoms with E-state index in [-0.39, 0.29) is 5.54 Å². The molecule has 0 radical (unpaired) electrons. The Labute approximate surface area is 97.0 Å². The number of para-hydroxylation sites is 1. The Bertz CT molecular complexity index is 322. The van der Waals surface area contributed by atoms with E-state index in [1.807, 2.05) is 18.2 Å². The number of nitrogens with two attached hydrogens (primary N) is 1. The van der Waals surface area contributed by atoms with Crippen LogP contribution in [-0.2, 0) is 4.74 Å². The highest BCUT2D eigenvalue weighted by Crippen LogP contribution is 2.28. The smallest absolute Gasteiger partial charge is 0.0518 e. The molecule has 3 N–H and O–H groups in total. The molecule has 0 saturated carbocycles. The fraction of sp³-hybridized carbons (Fsp3) is 0.538. The maximum Gasteiger partial charge on any atom is 0.0518 e. The van der Waals surface area contributed by atoms with Crippen molar-refractivity contribution in [1.82, 2.24) is 0 Å². The first-order valence-electron chi connectivity index (χ1n) is 5.86. The predicted molar refractivity (Wildman–Crippen MR) is 66.5 cm³/mol. The predicted octanol–water partition coefficient (Wildman–Crippen LogP) is 1.85. The van der Waals surface area contributed by atoms with Crippen molar-refractivity contribution in [3.63, 3.8) is 0 Å². The van der Waals surface area contributed by atoms with Gasteiger partial charge in [0.25, 0.3) is 0 Å². The van der Waals surface area contributed by atoms with Crippen LogP contribution in [0.4, 0.5) is 5.69 Å². The molecule has 2 unspecified atom stereocenters. The molecule has 3 nitrogen and oxygen atoms in total. The summed E-state index contributed by atoms with van der Waals surface area (Å²) in [6, 6.07) is 10.2. The highest BCUT2D eigenvalue weighted by atomic mass is 16.5. The van der Waals surface area contributed by atoms with Crippen LogP contribution in [0, 0.1) is 5.92 Å². The van der Waals surface area contributed by atoms with Crippen molar-refractivity contribution >= 4 is 5.69 Å². The molecule has 2 atom stereocenters. The number of hydrogen-bond acceptors (Lipinski definition) is 3. The van der Waals surface area contributed by atoms with Crippen LogP contribution in [0.25, 0.3) is 0 Å². The first-order valence-corrected chi connectivity index (χ1v) is 5.86. The lowest BCUT2D eigenvalue weighted by atomic mass is 9.84. The van der Waals surface area contributed by atoms with Crippen molar-refractivity contribution in [2.75, 3.05) is 25.1 Å². The van der Waals surface area contributed by atoms with Crippen molar-refractivity contribution in [1.29, 1.82) is 0 Å². The SMILES string of the molecule is CC(CN)(Nc1ccccc1)C1CCOC1. The van der Waals surface area contributed by atoms with Crippen LogP contribution in [0.1, 0.15) is 13.3 Å². The molecule has 0 bridgehead atoms. The van der Waals surface area contributed by atoms with Gasteiger partial charge in [0, 0.05) is 24.8 Å². The highest BCUT2D eigenvalue weighted by Gasteiger charge is 2.35. The van der Waals surface area contributed by atoms with E-state index < -0.39 is 0 Å². The zero-order valence-electron chi connectivity index (χ0n) is 9.78. The van der Waals surface area contributed by atoms with Crippen molar-refractivity contribution in [3.05, 3.63) is 30.3 Å². The van der Waals surface area contributed by atoms with Crippen LogP contribution in [0.5, 0.6) is 0 Å². The molecule has 3 heteroatoms. The van der Waals surface area contributed by atoms with Gasteiger partial charge in [-0.05, 0) is 25.5 Å². The standard InChI is InChI=1S/C13H20N2O/c1-13(10-14,11-7-8-16-9-11)15-12-5-3-2-4-6-12/h2-6,11,15H,7-10,14H2,1H3. The van der Waals surface area contributed by atoms with E-state index in [9.17, 15) is 0 Å². The van der Waals surface area contributed by atoms with Gasteiger partial charge in [-0.1, -0.05) is 18.2 Å². The van der Waals surface area contributed by atoms with Crippen LogP contribution >= 0.6 is 0 Å². The summed E-state index contributed by atoms with van der Waals surface area (Å²) in [6.45, 7) is 4.47. The quantitative estimate of drug-likeness (QED) is 0.814. The Kier molecular flexibility index (Phi) is 3.46. The van der Waals surface area contributed by atoms with Crippen molar-refractivity contribution in [2.45, 2.75) is 18.9 Å². The Morgan fingerprint density at radius 3 is 2.75 bits per heavy atom. The molecule has 88 valence electrons. The molecule has 1 fully saturated rings. The molecule has 2 rings (SSSR count). The van der Waals surface area contributed by atoms with E-state index in [0.717, 1.165) is 25.3 Å². The second-order valence-corrected chi connectivity index (χ2v) is 4.67. The van der Waals surface area contributed by atoms with Gasteiger partial charge in [-0.3, -0.25) is 0 Å². The van der Waals surface area contributed by atoms with Crippen molar-refractivity contribution in [3.8, 4) is 0 Å². The third kappa shape index (κ3) is 2.36. The summed E-state index contributed by atoms with van der Waals surface area (Å²) in [6.07, 6.45) is 1.09. The number of nitrogens with one attached hydrogen (secondary N) is 1. The molecule has 1 aliphatic heterocycles. The minimum Gasteiger partial charge on any atom is -0.381 e. The first-order chi connectivity index (χ1) is 7.74. The molecule has 0 spiro atoms. The van der Waals surface area contributed by atoms with Gasteiger partial charge < -0.3 is 15.8 Å². The Morgan fingerprint density at radius 1 is 1.44 bits per heavy atom. The summed E-state index contributed by atoms with van der Waals surface area (Å²) >= 11 is 0. The fourth-order valence-electron chi connectivity index (χ4n) is 2.21. The number of anilines is 1. The molecule has 0 aliphatic carbocycles. The lowest BCUT2D eigenvalue weighted by Crippen LogP contribution is -2.49. The van der Waals surface area contributed by atoms with Gasteiger partial charge in [0.2, 0.25) is 0 Å². The Hall–Kier alpha value is -1.06. The summed E-state index contributed by atoms with van der Waals surface area (Å²) in [5.41, 5.74) is 6.97. The second-order valence-electron chi connectivity index (χ2n) is 4.67. The topological polar surface area (TPSA) is 47.3 Å². The number of ether oxygens (including phenoxy) is 1. The molecule has 1 aromatic rings. The molecule has 1 aromatic carbocycles. The average Bonchev–Trinajstić information content (AvgIpc) is 2.84. The molecule has 1 aliphatic rings. The largest absolute Gasteiger partial charge is 0.381 e. The summed E-state index contributed by atoms with van der Waals surface area (Å²) in [7, 11) is 0. The zero-order chi connectivity index (χ0) is 11.4. The highest BCUT2D eigenvalue weighted by molar-refractivity contribution is 5.45. The Balaban J connectivity index is 2.09. The van der Waals surface area contributed by atoms with E-state index in [0.29, 0.717) is 12.5 Å². The Morgan fingerprint density at radius 2 is 2.19 bits per heavy atom. The van der Waals surface area contributed by atoms with Gasteiger partial charge in [-0.2, -0.15) is 0 Å². The van der Waals surface area contributed by atoms with Gasteiger partial charge in [0.1, 0.15) is 0 Å². The minimum absolute atomic E-state index is 0.0716. The van der Waals surface area contributed by atoms with Gasteiger partial charge in [0.05, 0.1) is 12.1 Å². The van der Waals surface area contributed by atoms with Crippen LogP contribution in [0.2, 0.25) is 0 Å². The maximum absolute atomic E-state index is 5.92. The molecular formula is C13H20N2O. The second kappa shape index (κ2) is 4.85. The first kappa shape index (κ1) is 11.4. The molecule has 0 amide bonds. The van der Waals surface area contributed by atoms with Crippen molar-refractivity contribution in [2.24, 2.45) is 11.7 Å². The molecule has 16 heavy (non-hydrogen) atoms. The summed E-state index contributed by atoms with van der Waals surface area (Å²) in [4.78, 5) is 0. The average molecular weight is 220 g/mol. The van der Waals surface area contributed by atoms with E-state index >= 15 is 0 Å². The van der Waals surface area contributed by atoms with Crippen LogP contribution < -0.4 is 11.1 Å². The fourth-order valence-corrected chi connectivity index (χ4v) is 2.21. The van der Waals surface area contributed by atoms with E-state index in [1.54, 1.807) is 0 Å². The third-order valence-electron chi connectivity index (χ3n) is 3.46. The van der Waals surface area contributed by atoms with Gasteiger partial charge in [-0.15, -0.1) is 0 Å². The number of benzene rings is 1. The summed E-state index contributed by atoms with van der Waals surface area (Å²) in [5.74, 6) is 0.498. The maximum atomic E-state index is 5.92. The van der Waals surface area contributed by atoms with E-state index in [4.69, 9.17) is 10.5 Å². The van der Waals surface area contributed by atoms with Crippen LogP contribution in [0.3, 0.4) is 0 Å². The normalized spacial score (nSPS) is 24.0. The molecule has 1 saturated heterocycles. The number of hydrogen-bond donors (Lipinski definition) is 2. The molecule has 1 heterocycles. The van der Waals surface area contributed by atoms with Crippen LogP contribution in [-0.4, -0.2) is 25.3 Å². The van der Waals surface area contributed by atoms with Gasteiger partial charge in [0.15, 0.2) is 0 Å². The minimum atomic E-state index is -0.0716. The zero-order valence-corrected chi connectivity index (χ0v) is 9.78. The molecular weight excluding hydrogens is 200 g/mol. The van der Waals surface area contributed by atoms with Crippen molar-refractivity contribution < 1.29 is 4.74 Å². The van der Waals surface area contributed by atoms with Crippen LogP contribution in [0.15, 0.2) is 30.3 Å². The third-order valence-corrected chi connectivity index (χ3v) is 3.46. The van der Waals surface area contributed by atoms with Gasteiger partial charge >= 0.3 is 0 Å². The van der Waals surface area contributed by atoms with Gasteiger partial charge in [-0.25, -0.2) is 0 Å². The lowest BCUT2D eigenvalue weighted by molar-refractivity contribution is 0.172. The monoisotopic (exact) mass is 220 g/mol. The summed E-state index contributed by atoms with van der Waals surface area (Å²) in [5, 5.41) is 3.54. The van der Waals surface area contributed by atoms with E-state index in [1.165, 1.54) is 0 Å². The molecule has 0 aromatic heterocycles. The number of rotatable bonds is 4. The summed E-state index contributed by atoms with van der Waals surface area (Å²) < 4.78 is 5.45. The van der Waals surface area contributed by atoms with E-state index in [2.05, 4.69) is 24.4 Å².